The van der Waals surface area contributed by atoms with Gasteiger partial charge in [-0.2, -0.15) is 9.40 Å². The minimum Gasteiger partial charge on any atom is -0.383 e. The number of nitrogens with zero attached hydrogens (tertiary/aromatic N) is 4. The largest absolute Gasteiger partial charge is 0.383 e. The van der Waals surface area contributed by atoms with Crippen LogP contribution in [0.3, 0.4) is 0 Å². The van der Waals surface area contributed by atoms with Crippen molar-refractivity contribution in [1.29, 1.82) is 0 Å². The third kappa shape index (κ3) is 3.87. The molecule has 3 fully saturated rings. The van der Waals surface area contributed by atoms with Gasteiger partial charge < -0.3 is 14.4 Å². The number of aromatic nitrogens is 2. The summed E-state index contributed by atoms with van der Waals surface area (Å²) in [6.45, 7) is 3.11. The Morgan fingerprint density at radius 3 is 2.68 bits per heavy atom. The first kappa shape index (κ1) is 20.3. The molecule has 4 rings (SSSR count). The number of piperidine rings is 1. The second-order valence-corrected chi connectivity index (χ2v) is 10.4. The molecular weight excluding hydrogens is 380 g/mol. The van der Waals surface area contributed by atoms with E-state index >= 15 is 0 Å². The van der Waals surface area contributed by atoms with E-state index in [4.69, 9.17) is 9.47 Å². The Labute approximate surface area is 167 Å². The minimum absolute atomic E-state index is 0.164. The summed E-state index contributed by atoms with van der Waals surface area (Å²) in [6, 6.07) is 1.59. The van der Waals surface area contributed by atoms with Crippen molar-refractivity contribution in [1.82, 2.24) is 19.0 Å². The summed E-state index contributed by atoms with van der Waals surface area (Å²) in [5, 5.41) is 4.74. The zero-order chi connectivity index (χ0) is 19.9. The van der Waals surface area contributed by atoms with Crippen molar-refractivity contribution in [2.45, 2.75) is 54.7 Å². The van der Waals surface area contributed by atoms with Crippen LogP contribution in [-0.2, 0) is 26.5 Å². The van der Waals surface area contributed by atoms with Crippen LogP contribution in [0.4, 0.5) is 0 Å². The molecule has 158 valence electrons. The molecule has 0 N–H and O–H groups in total. The van der Waals surface area contributed by atoms with E-state index in [-0.39, 0.29) is 16.7 Å². The average molecular weight is 413 g/mol. The maximum atomic E-state index is 13.6. The lowest BCUT2D eigenvalue weighted by molar-refractivity contribution is -0.0395. The molecule has 0 bridgehead atoms. The molecule has 1 aliphatic carbocycles. The zero-order valence-electron chi connectivity index (χ0n) is 17.1. The number of rotatable bonds is 7. The fourth-order valence-corrected chi connectivity index (χ4v) is 6.20. The van der Waals surface area contributed by atoms with E-state index in [1.807, 2.05) is 0 Å². The molecule has 1 spiro atoms. The molecule has 8 nitrogen and oxygen atoms in total. The molecule has 0 aromatic carbocycles. The van der Waals surface area contributed by atoms with E-state index in [0.717, 1.165) is 50.9 Å². The van der Waals surface area contributed by atoms with Crippen LogP contribution < -0.4 is 0 Å². The summed E-state index contributed by atoms with van der Waals surface area (Å²) in [4.78, 5) is 2.30. The highest BCUT2D eigenvalue weighted by molar-refractivity contribution is 7.89. The summed E-state index contributed by atoms with van der Waals surface area (Å²) in [7, 11) is 1.76. The predicted octanol–water partition coefficient (Wildman–Crippen LogP) is 1.19. The van der Waals surface area contributed by atoms with E-state index in [9.17, 15) is 8.42 Å². The SMILES string of the molecule is COCCN(C1COC2(CCN(C)CC2)C1)S(=O)(=O)c1cc(C2CC2)nn1C. The van der Waals surface area contributed by atoms with E-state index in [2.05, 4.69) is 17.0 Å². The fraction of sp³-hybridized carbons (Fsp3) is 0.842. The van der Waals surface area contributed by atoms with Gasteiger partial charge >= 0.3 is 0 Å². The van der Waals surface area contributed by atoms with Crippen molar-refractivity contribution < 1.29 is 17.9 Å². The van der Waals surface area contributed by atoms with Crippen LogP contribution in [0.25, 0.3) is 0 Å². The Bertz CT molecular complexity index is 797. The molecule has 1 aromatic rings. The zero-order valence-corrected chi connectivity index (χ0v) is 17.9. The number of aryl methyl sites for hydroxylation is 1. The van der Waals surface area contributed by atoms with Gasteiger partial charge in [0, 0.05) is 45.8 Å². The van der Waals surface area contributed by atoms with Gasteiger partial charge in [0.15, 0.2) is 5.03 Å². The third-order valence-electron chi connectivity index (χ3n) is 6.44. The van der Waals surface area contributed by atoms with Crippen molar-refractivity contribution in [3.8, 4) is 0 Å². The third-order valence-corrected chi connectivity index (χ3v) is 8.44. The number of likely N-dealkylation sites (tertiary alicyclic amines) is 1. The van der Waals surface area contributed by atoms with Crippen molar-refractivity contribution in [3.63, 3.8) is 0 Å². The summed E-state index contributed by atoms with van der Waals surface area (Å²) in [5.41, 5.74) is 0.700. The van der Waals surface area contributed by atoms with Crippen LogP contribution in [-0.4, -0.2) is 86.1 Å². The Kier molecular flexibility index (Phi) is 5.56. The van der Waals surface area contributed by atoms with Crippen molar-refractivity contribution in [2.75, 3.05) is 47.0 Å². The molecule has 3 heterocycles. The van der Waals surface area contributed by atoms with E-state index in [1.54, 1.807) is 24.5 Å². The number of hydrogen-bond acceptors (Lipinski definition) is 6. The normalized spacial score (nSPS) is 25.8. The monoisotopic (exact) mass is 412 g/mol. The molecule has 1 atom stereocenters. The first-order chi connectivity index (χ1) is 13.3. The Hall–Kier alpha value is -1.00. The summed E-state index contributed by atoms with van der Waals surface area (Å²) in [5.74, 6) is 0.417. The van der Waals surface area contributed by atoms with Crippen LogP contribution in [0.1, 0.15) is 43.7 Å². The van der Waals surface area contributed by atoms with E-state index < -0.39 is 10.0 Å². The molecule has 28 heavy (non-hydrogen) atoms. The lowest BCUT2D eigenvalue weighted by Gasteiger charge is -2.37. The smallest absolute Gasteiger partial charge is 0.260 e. The van der Waals surface area contributed by atoms with Crippen LogP contribution in [0.2, 0.25) is 0 Å². The first-order valence-electron chi connectivity index (χ1n) is 10.2. The van der Waals surface area contributed by atoms with Crippen LogP contribution in [0.5, 0.6) is 0 Å². The van der Waals surface area contributed by atoms with Gasteiger partial charge in [-0.15, -0.1) is 0 Å². The molecular formula is C19H32N4O4S. The summed E-state index contributed by atoms with van der Waals surface area (Å²) in [6.07, 6.45) is 4.84. The van der Waals surface area contributed by atoms with Gasteiger partial charge in [0.25, 0.3) is 10.0 Å². The molecule has 2 saturated heterocycles. The van der Waals surface area contributed by atoms with Gasteiger partial charge in [-0.05, 0) is 39.2 Å². The summed E-state index contributed by atoms with van der Waals surface area (Å²) < 4.78 is 41.7. The second kappa shape index (κ2) is 7.68. The second-order valence-electron chi connectivity index (χ2n) is 8.57. The topological polar surface area (TPSA) is 76.9 Å². The van der Waals surface area contributed by atoms with Gasteiger partial charge in [0.1, 0.15) is 0 Å². The highest BCUT2D eigenvalue weighted by Gasteiger charge is 2.47. The van der Waals surface area contributed by atoms with Crippen molar-refractivity contribution in [2.24, 2.45) is 7.05 Å². The number of methoxy groups -OCH3 is 1. The standard InChI is InChI=1S/C19H32N4O4S/c1-21-8-6-19(7-9-21)13-16(14-27-19)23(10-11-26-3)28(24,25)18-12-17(15-4-5-15)20-22(18)2/h12,15-16H,4-11,13-14H2,1-3H3. The van der Waals surface area contributed by atoms with Crippen LogP contribution >= 0.6 is 0 Å². The van der Waals surface area contributed by atoms with Crippen molar-refractivity contribution in [3.05, 3.63) is 11.8 Å². The maximum Gasteiger partial charge on any atom is 0.260 e. The van der Waals surface area contributed by atoms with Crippen LogP contribution in [0.15, 0.2) is 11.1 Å². The van der Waals surface area contributed by atoms with Crippen LogP contribution in [0, 0.1) is 0 Å². The van der Waals surface area contributed by atoms with Gasteiger partial charge in [-0.3, -0.25) is 4.68 Å². The molecule has 0 amide bonds. The van der Waals surface area contributed by atoms with Crippen molar-refractivity contribution >= 4 is 10.0 Å². The predicted molar refractivity (Wildman–Crippen MR) is 105 cm³/mol. The van der Waals surface area contributed by atoms with Gasteiger partial charge in [0.2, 0.25) is 0 Å². The molecule has 2 aliphatic heterocycles. The maximum absolute atomic E-state index is 13.6. The Balaban J connectivity index is 1.57. The quantitative estimate of drug-likeness (QED) is 0.670. The Morgan fingerprint density at radius 2 is 2.04 bits per heavy atom. The molecule has 3 aliphatic rings. The van der Waals surface area contributed by atoms with E-state index in [0.29, 0.717) is 25.7 Å². The average Bonchev–Trinajstić information content (AvgIpc) is 3.32. The highest BCUT2D eigenvalue weighted by Crippen LogP contribution is 2.41. The minimum atomic E-state index is -3.68. The molecule has 1 aromatic heterocycles. The Morgan fingerprint density at radius 1 is 1.32 bits per heavy atom. The van der Waals surface area contributed by atoms with Gasteiger partial charge in [-0.25, -0.2) is 8.42 Å². The lowest BCUT2D eigenvalue weighted by Crippen LogP contribution is -2.46. The molecule has 0 radical (unpaired) electrons. The molecule has 1 unspecified atom stereocenters. The highest BCUT2D eigenvalue weighted by atomic mass is 32.2. The lowest BCUT2D eigenvalue weighted by atomic mass is 9.87. The van der Waals surface area contributed by atoms with Gasteiger partial charge in [0.05, 0.1) is 30.6 Å². The number of hydrogen-bond donors (Lipinski definition) is 0. The molecule has 1 saturated carbocycles. The van der Waals surface area contributed by atoms with Gasteiger partial charge in [-0.1, -0.05) is 0 Å². The fourth-order valence-electron chi connectivity index (χ4n) is 4.47. The number of sulfonamides is 1. The molecule has 9 heteroatoms. The first-order valence-corrected chi connectivity index (χ1v) is 11.7. The number of ether oxygens (including phenoxy) is 2. The summed E-state index contributed by atoms with van der Waals surface area (Å²) >= 11 is 0. The van der Waals surface area contributed by atoms with E-state index in [1.165, 1.54) is 4.68 Å².